The van der Waals surface area contributed by atoms with Gasteiger partial charge in [0.1, 0.15) is 0 Å². The molecule has 2 aliphatic heterocycles. The van der Waals surface area contributed by atoms with Crippen LogP contribution in [-0.2, 0) is 20.0 Å². The van der Waals surface area contributed by atoms with E-state index < -0.39 is 11.6 Å². The summed E-state index contributed by atoms with van der Waals surface area (Å²) in [5, 5.41) is 13.8. The first-order valence-electron chi connectivity index (χ1n) is 10.2. The first kappa shape index (κ1) is 21.7. The number of carbonyl (C=O) groups is 3. The SMILES string of the molecule is CC(=O)Nc1ccc(N2C(=O)C[C@H](N3CCC(O)(c4ccc(Br)cc4)CC3)C2=O)cc1. The van der Waals surface area contributed by atoms with Crippen molar-refractivity contribution in [1.82, 2.24) is 4.90 Å². The number of piperidine rings is 1. The lowest BCUT2D eigenvalue weighted by molar-refractivity contribution is -0.124. The lowest BCUT2D eigenvalue weighted by Crippen LogP contribution is -2.49. The molecular formula is C23H24BrN3O4. The molecule has 2 N–H and O–H groups in total. The number of amides is 3. The molecule has 8 heteroatoms. The number of aliphatic hydroxyl groups is 1. The summed E-state index contributed by atoms with van der Waals surface area (Å²) in [5.74, 6) is -0.670. The summed E-state index contributed by atoms with van der Waals surface area (Å²) in [6.45, 7) is 2.49. The lowest BCUT2D eigenvalue weighted by atomic mass is 9.84. The van der Waals surface area contributed by atoms with Gasteiger partial charge in [0.05, 0.1) is 23.8 Å². The van der Waals surface area contributed by atoms with Gasteiger partial charge in [-0.2, -0.15) is 0 Å². The van der Waals surface area contributed by atoms with Crippen LogP contribution in [0.2, 0.25) is 0 Å². The molecule has 2 heterocycles. The number of anilines is 2. The number of hydrogen-bond donors (Lipinski definition) is 2. The predicted octanol–water partition coefficient (Wildman–Crippen LogP) is 3.02. The van der Waals surface area contributed by atoms with E-state index in [-0.39, 0.29) is 24.1 Å². The highest BCUT2D eigenvalue weighted by Gasteiger charge is 2.45. The Kier molecular flexibility index (Phi) is 5.96. The zero-order chi connectivity index (χ0) is 22.2. The molecule has 4 rings (SSSR count). The summed E-state index contributed by atoms with van der Waals surface area (Å²) in [7, 11) is 0. The average Bonchev–Trinajstić information content (AvgIpc) is 3.03. The molecule has 1 atom stereocenters. The first-order valence-corrected chi connectivity index (χ1v) is 11.0. The maximum atomic E-state index is 13.1. The number of nitrogens with one attached hydrogen (secondary N) is 1. The number of nitrogens with zero attached hydrogens (tertiary/aromatic N) is 2. The summed E-state index contributed by atoms with van der Waals surface area (Å²) in [6.07, 6.45) is 1.12. The molecule has 0 bridgehead atoms. The van der Waals surface area contributed by atoms with E-state index in [9.17, 15) is 19.5 Å². The van der Waals surface area contributed by atoms with Gasteiger partial charge in [-0.1, -0.05) is 28.1 Å². The van der Waals surface area contributed by atoms with Crippen molar-refractivity contribution >= 4 is 45.0 Å². The molecular weight excluding hydrogens is 462 g/mol. The van der Waals surface area contributed by atoms with Crippen LogP contribution < -0.4 is 10.2 Å². The van der Waals surface area contributed by atoms with Gasteiger partial charge in [-0.15, -0.1) is 0 Å². The molecule has 2 saturated heterocycles. The number of likely N-dealkylation sites (tertiary alicyclic amines) is 1. The molecule has 0 radical (unpaired) electrons. The molecule has 2 aromatic carbocycles. The molecule has 2 aromatic rings. The summed E-state index contributed by atoms with van der Waals surface area (Å²) >= 11 is 3.41. The van der Waals surface area contributed by atoms with Gasteiger partial charge < -0.3 is 10.4 Å². The zero-order valence-electron chi connectivity index (χ0n) is 17.2. The van der Waals surface area contributed by atoms with Gasteiger partial charge in [0.2, 0.25) is 11.8 Å². The van der Waals surface area contributed by atoms with Crippen molar-refractivity contribution < 1.29 is 19.5 Å². The van der Waals surface area contributed by atoms with Crippen molar-refractivity contribution in [3.05, 3.63) is 58.6 Å². The van der Waals surface area contributed by atoms with Crippen molar-refractivity contribution in [3.63, 3.8) is 0 Å². The normalized spacial score (nSPS) is 21.4. The van der Waals surface area contributed by atoms with Crippen molar-refractivity contribution in [1.29, 1.82) is 0 Å². The third-order valence-corrected chi connectivity index (χ3v) is 6.54. The number of hydrogen-bond acceptors (Lipinski definition) is 5. The minimum atomic E-state index is -0.928. The summed E-state index contributed by atoms with van der Waals surface area (Å²) < 4.78 is 0.956. The molecule has 7 nitrogen and oxygen atoms in total. The van der Waals surface area contributed by atoms with E-state index in [0.29, 0.717) is 37.3 Å². The maximum absolute atomic E-state index is 13.1. The Hall–Kier alpha value is -2.55. The van der Waals surface area contributed by atoms with Gasteiger partial charge in [0.25, 0.3) is 5.91 Å². The fourth-order valence-corrected chi connectivity index (χ4v) is 4.59. The Morgan fingerprint density at radius 3 is 2.26 bits per heavy atom. The van der Waals surface area contributed by atoms with Crippen molar-refractivity contribution in [2.45, 2.75) is 37.8 Å². The van der Waals surface area contributed by atoms with Crippen LogP contribution in [-0.4, -0.2) is 46.9 Å². The van der Waals surface area contributed by atoms with E-state index in [4.69, 9.17) is 0 Å². The Balaban J connectivity index is 1.43. The highest BCUT2D eigenvalue weighted by Crippen LogP contribution is 2.36. The molecule has 3 amide bonds. The van der Waals surface area contributed by atoms with Gasteiger partial charge in [-0.25, -0.2) is 4.90 Å². The van der Waals surface area contributed by atoms with E-state index in [2.05, 4.69) is 21.2 Å². The van der Waals surface area contributed by atoms with E-state index >= 15 is 0 Å². The average molecular weight is 486 g/mol. The number of carbonyl (C=O) groups excluding carboxylic acids is 3. The van der Waals surface area contributed by atoms with Crippen molar-refractivity contribution in [2.75, 3.05) is 23.3 Å². The summed E-state index contributed by atoms with van der Waals surface area (Å²) in [4.78, 5) is 40.1. The molecule has 0 spiro atoms. The van der Waals surface area contributed by atoms with Gasteiger partial charge in [-0.05, 0) is 54.8 Å². The predicted molar refractivity (Wildman–Crippen MR) is 120 cm³/mol. The Bertz CT molecular complexity index is 998. The van der Waals surface area contributed by atoms with Crippen LogP contribution in [0.15, 0.2) is 53.0 Å². The highest BCUT2D eigenvalue weighted by molar-refractivity contribution is 9.10. The molecule has 0 aliphatic carbocycles. The van der Waals surface area contributed by atoms with Crippen LogP contribution in [0.1, 0.15) is 31.7 Å². The van der Waals surface area contributed by atoms with Crippen molar-refractivity contribution in [2.24, 2.45) is 0 Å². The Morgan fingerprint density at radius 1 is 1.06 bits per heavy atom. The summed E-state index contributed by atoms with van der Waals surface area (Å²) in [5.41, 5.74) is 1.04. The molecule has 0 saturated carbocycles. The third kappa shape index (κ3) is 4.42. The zero-order valence-corrected chi connectivity index (χ0v) is 18.8. The van der Waals surface area contributed by atoms with Crippen LogP contribution in [0, 0.1) is 0 Å². The van der Waals surface area contributed by atoms with Crippen LogP contribution in [0.3, 0.4) is 0 Å². The minimum absolute atomic E-state index is 0.128. The van der Waals surface area contributed by atoms with E-state index in [1.54, 1.807) is 24.3 Å². The fourth-order valence-electron chi connectivity index (χ4n) is 4.32. The maximum Gasteiger partial charge on any atom is 0.251 e. The van der Waals surface area contributed by atoms with Gasteiger partial charge in [0.15, 0.2) is 0 Å². The molecule has 0 aromatic heterocycles. The second-order valence-electron chi connectivity index (χ2n) is 8.09. The standard InChI is InChI=1S/C23H24BrN3O4/c1-15(28)25-18-6-8-19(9-7-18)27-21(29)14-20(22(27)30)26-12-10-23(31,11-13-26)16-2-4-17(24)5-3-16/h2-9,20,31H,10-14H2,1H3,(H,25,28)/t20-/m0/s1. The molecule has 2 aliphatic rings. The summed E-state index contributed by atoms with van der Waals surface area (Å²) in [6, 6.07) is 13.8. The molecule has 162 valence electrons. The molecule has 2 fully saturated rings. The van der Waals surface area contributed by atoms with E-state index in [1.807, 2.05) is 29.2 Å². The fraction of sp³-hybridized carbons (Fsp3) is 0.348. The number of imide groups is 1. The number of benzene rings is 2. The topological polar surface area (TPSA) is 90.0 Å². The molecule has 31 heavy (non-hydrogen) atoms. The highest BCUT2D eigenvalue weighted by atomic mass is 79.9. The smallest absolute Gasteiger partial charge is 0.251 e. The largest absolute Gasteiger partial charge is 0.385 e. The Morgan fingerprint density at radius 2 is 1.68 bits per heavy atom. The van der Waals surface area contributed by atoms with E-state index in [0.717, 1.165) is 10.0 Å². The van der Waals surface area contributed by atoms with Gasteiger partial charge in [-0.3, -0.25) is 19.3 Å². The third-order valence-electron chi connectivity index (χ3n) is 6.02. The minimum Gasteiger partial charge on any atom is -0.385 e. The van der Waals surface area contributed by atoms with Gasteiger partial charge in [0, 0.05) is 30.2 Å². The lowest BCUT2D eigenvalue weighted by Gasteiger charge is -2.40. The number of halogens is 1. The van der Waals surface area contributed by atoms with Crippen LogP contribution in [0.5, 0.6) is 0 Å². The second-order valence-corrected chi connectivity index (χ2v) is 9.01. The number of rotatable bonds is 4. The van der Waals surface area contributed by atoms with Crippen LogP contribution >= 0.6 is 15.9 Å². The quantitative estimate of drug-likeness (QED) is 0.649. The van der Waals surface area contributed by atoms with Crippen LogP contribution in [0.25, 0.3) is 0 Å². The molecule has 0 unspecified atom stereocenters. The monoisotopic (exact) mass is 485 g/mol. The first-order chi connectivity index (χ1) is 14.8. The second kappa shape index (κ2) is 8.53. The van der Waals surface area contributed by atoms with E-state index in [1.165, 1.54) is 11.8 Å². The Labute approximate surface area is 189 Å². The van der Waals surface area contributed by atoms with Gasteiger partial charge >= 0.3 is 0 Å². The van der Waals surface area contributed by atoms with Crippen molar-refractivity contribution in [3.8, 4) is 0 Å². The van der Waals surface area contributed by atoms with Crippen LogP contribution in [0.4, 0.5) is 11.4 Å².